The summed E-state index contributed by atoms with van der Waals surface area (Å²) >= 11 is 1.62. The van der Waals surface area contributed by atoms with E-state index < -0.39 is 0 Å². The molecule has 2 heterocycles. The number of thiazole rings is 1. The third-order valence-electron chi connectivity index (χ3n) is 3.24. The summed E-state index contributed by atoms with van der Waals surface area (Å²) in [7, 11) is 0. The van der Waals surface area contributed by atoms with Crippen LogP contribution < -0.4 is 5.32 Å². The second-order valence-electron chi connectivity index (χ2n) is 4.68. The molecule has 3 nitrogen and oxygen atoms in total. The average molecular weight is 277 g/mol. The van der Waals surface area contributed by atoms with Gasteiger partial charge in [-0.1, -0.05) is 0 Å². The molecule has 1 N–H and O–H groups in total. The first-order chi connectivity index (χ1) is 9.31. The highest BCUT2D eigenvalue weighted by atomic mass is 32.1. The van der Waals surface area contributed by atoms with E-state index in [0.717, 1.165) is 49.0 Å². The molecule has 0 saturated carbocycles. The molecule has 1 saturated heterocycles. The first-order valence-corrected chi connectivity index (χ1v) is 7.33. The van der Waals surface area contributed by atoms with Crippen LogP contribution in [0.3, 0.4) is 0 Å². The number of hydrogen-bond donors (Lipinski definition) is 1. The van der Waals surface area contributed by atoms with Crippen molar-refractivity contribution in [1.29, 1.82) is 0 Å². The molecule has 0 unspecified atom stereocenters. The summed E-state index contributed by atoms with van der Waals surface area (Å²) in [4.78, 5) is 7.04. The number of benzene rings is 1. The lowest BCUT2D eigenvalue weighted by Gasteiger charge is -2.26. The van der Waals surface area contributed by atoms with Gasteiger partial charge in [-0.15, -0.1) is 11.3 Å². The number of halogens is 1. The summed E-state index contributed by atoms with van der Waals surface area (Å²) in [5, 5.41) is 6.40. The first-order valence-electron chi connectivity index (χ1n) is 6.45. The highest BCUT2D eigenvalue weighted by molar-refractivity contribution is 7.13. The fourth-order valence-corrected chi connectivity index (χ4v) is 3.02. The maximum atomic E-state index is 12.9. The van der Waals surface area contributed by atoms with Crippen LogP contribution in [0.1, 0.15) is 5.69 Å². The molecule has 100 valence electrons. The second-order valence-corrected chi connectivity index (χ2v) is 5.54. The fraction of sp³-hybridized carbons (Fsp3) is 0.357. The van der Waals surface area contributed by atoms with E-state index in [1.54, 1.807) is 23.5 Å². The average Bonchev–Trinajstić information content (AvgIpc) is 2.89. The number of nitrogens with zero attached hydrogens (tertiary/aromatic N) is 2. The molecule has 1 aromatic heterocycles. The molecule has 19 heavy (non-hydrogen) atoms. The van der Waals surface area contributed by atoms with E-state index in [1.807, 2.05) is 0 Å². The van der Waals surface area contributed by atoms with Gasteiger partial charge in [-0.05, 0) is 24.3 Å². The molecule has 0 atom stereocenters. The van der Waals surface area contributed by atoms with Crippen molar-refractivity contribution in [3.8, 4) is 10.6 Å². The van der Waals surface area contributed by atoms with Crippen molar-refractivity contribution >= 4 is 11.3 Å². The lowest BCUT2D eigenvalue weighted by atomic mass is 10.2. The summed E-state index contributed by atoms with van der Waals surface area (Å²) < 4.78 is 12.9. The number of aromatic nitrogens is 1. The zero-order valence-corrected chi connectivity index (χ0v) is 11.4. The number of rotatable bonds is 3. The van der Waals surface area contributed by atoms with E-state index in [9.17, 15) is 4.39 Å². The molecule has 2 aromatic rings. The Morgan fingerprint density at radius 1 is 1.21 bits per heavy atom. The molecule has 0 spiro atoms. The Balaban J connectivity index is 1.70. The van der Waals surface area contributed by atoms with Crippen LogP contribution in [0, 0.1) is 5.82 Å². The Labute approximate surface area is 116 Å². The molecule has 5 heteroatoms. The van der Waals surface area contributed by atoms with Crippen LogP contribution in [0.2, 0.25) is 0 Å². The number of nitrogens with one attached hydrogen (secondary N) is 1. The van der Waals surface area contributed by atoms with Crippen LogP contribution in [-0.2, 0) is 6.54 Å². The van der Waals surface area contributed by atoms with Gasteiger partial charge in [-0.25, -0.2) is 9.37 Å². The molecule has 0 bridgehead atoms. The van der Waals surface area contributed by atoms with E-state index in [2.05, 4.69) is 20.6 Å². The van der Waals surface area contributed by atoms with Crippen molar-refractivity contribution < 1.29 is 4.39 Å². The second kappa shape index (κ2) is 5.77. The lowest BCUT2D eigenvalue weighted by Crippen LogP contribution is -2.42. The molecule has 0 amide bonds. The van der Waals surface area contributed by atoms with Gasteiger partial charge in [0.1, 0.15) is 10.8 Å². The molecular formula is C14H16FN3S. The van der Waals surface area contributed by atoms with Crippen LogP contribution in [0.15, 0.2) is 29.6 Å². The van der Waals surface area contributed by atoms with E-state index in [0.29, 0.717) is 0 Å². The molecule has 1 aliphatic rings. The van der Waals surface area contributed by atoms with E-state index in [4.69, 9.17) is 0 Å². The topological polar surface area (TPSA) is 28.2 Å². The minimum absolute atomic E-state index is 0.207. The Kier molecular flexibility index (Phi) is 3.87. The van der Waals surface area contributed by atoms with Gasteiger partial charge in [-0.2, -0.15) is 0 Å². The fourth-order valence-electron chi connectivity index (χ4n) is 2.20. The van der Waals surface area contributed by atoms with Crippen LogP contribution in [0.4, 0.5) is 4.39 Å². The standard InChI is InChI=1S/C14H16FN3S/c15-12-3-1-11(2-4-12)14-17-13(10-19-14)9-18-7-5-16-6-8-18/h1-4,10,16H,5-9H2. The largest absolute Gasteiger partial charge is 0.314 e. The van der Waals surface area contributed by atoms with Gasteiger partial charge in [0.2, 0.25) is 0 Å². The van der Waals surface area contributed by atoms with Gasteiger partial charge in [-0.3, -0.25) is 4.90 Å². The van der Waals surface area contributed by atoms with Gasteiger partial charge >= 0.3 is 0 Å². The lowest BCUT2D eigenvalue weighted by molar-refractivity contribution is 0.231. The molecule has 1 aliphatic heterocycles. The zero-order chi connectivity index (χ0) is 13.1. The van der Waals surface area contributed by atoms with Crippen molar-refractivity contribution in [2.75, 3.05) is 26.2 Å². The van der Waals surface area contributed by atoms with Gasteiger partial charge < -0.3 is 5.32 Å². The van der Waals surface area contributed by atoms with Crippen LogP contribution >= 0.6 is 11.3 Å². The third-order valence-corrected chi connectivity index (χ3v) is 4.18. The Bertz CT molecular complexity index is 532. The molecule has 0 aliphatic carbocycles. The number of piperazine rings is 1. The highest BCUT2D eigenvalue weighted by Crippen LogP contribution is 2.24. The highest BCUT2D eigenvalue weighted by Gasteiger charge is 2.12. The maximum Gasteiger partial charge on any atom is 0.123 e. The van der Waals surface area contributed by atoms with Gasteiger partial charge in [0.25, 0.3) is 0 Å². The maximum absolute atomic E-state index is 12.9. The predicted octanol–water partition coefficient (Wildman–Crippen LogP) is 2.35. The summed E-state index contributed by atoms with van der Waals surface area (Å²) in [6.45, 7) is 5.15. The van der Waals surface area contributed by atoms with Crippen molar-refractivity contribution in [3.63, 3.8) is 0 Å². The van der Waals surface area contributed by atoms with Crippen LogP contribution in [-0.4, -0.2) is 36.1 Å². The van der Waals surface area contributed by atoms with Crippen LogP contribution in [0.5, 0.6) is 0 Å². The van der Waals surface area contributed by atoms with Crippen molar-refractivity contribution in [2.45, 2.75) is 6.54 Å². The third kappa shape index (κ3) is 3.18. The Morgan fingerprint density at radius 3 is 2.68 bits per heavy atom. The van der Waals surface area contributed by atoms with E-state index >= 15 is 0 Å². The molecule has 1 aromatic carbocycles. The van der Waals surface area contributed by atoms with E-state index in [-0.39, 0.29) is 5.82 Å². The van der Waals surface area contributed by atoms with Gasteiger partial charge in [0.15, 0.2) is 0 Å². The summed E-state index contributed by atoms with van der Waals surface area (Å²) in [5.74, 6) is -0.207. The normalized spacial score (nSPS) is 16.7. The first kappa shape index (κ1) is 12.7. The van der Waals surface area contributed by atoms with Crippen molar-refractivity contribution in [3.05, 3.63) is 41.2 Å². The predicted molar refractivity (Wildman–Crippen MR) is 75.7 cm³/mol. The molecule has 0 radical (unpaired) electrons. The smallest absolute Gasteiger partial charge is 0.123 e. The van der Waals surface area contributed by atoms with E-state index in [1.165, 1.54) is 12.1 Å². The SMILES string of the molecule is Fc1ccc(-c2nc(CN3CCNCC3)cs2)cc1. The minimum Gasteiger partial charge on any atom is -0.314 e. The van der Waals surface area contributed by atoms with Crippen molar-refractivity contribution in [1.82, 2.24) is 15.2 Å². The zero-order valence-electron chi connectivity index (χ0n) is 10.6. The number of hydrogen-bond acceptors (Lipinski definition) is 4. The molecule has 1 fully saturated rings. The minimum atomic E-state index is -0.207. The summed E-state index contributed by atoms with van der Waals surface area (Å²) in [6.07, 6.45) is 0. The summed E-state index contributed by atoms with van der Waals surface area (Å²) in [6, 6.07) is 6.52. The monoisotopic (exact) mass is 277 g/mol. The quantitative estimate of drug-likeness (QED) is 0.933. The van der Waals surface area contributed by atoms with Crippen LogP contribution in [0.25, 0.3) is 10.6 Å². The van der Waals surface area contributed by atoms with Gasteiger partial charge in [0, 0.05) is 43.7 Å². The van der Waals surface area contributed by atoms with Crippen molar-refractivity contribution in [2.24, 2.45) is 0 Å². The Hall–Kier alpha value is -1.30. The Morgan fingerprint density at radius 2 is 1.95 bits per heavy atom. The molecular weight excluding hydrogens is 261 g/mol. The van der Waals surface area contributed by atoms with Gasteiger partial charge in [0.05, 0.1) is 5.69 Å². The summed E-state index contributed by atoms with van der Waals surface area (Å²) in [5.41, 5.74) is 2.09. The molecule has 3 rings (SSSR count).